The van der Waals surface area contributed by atoms with Crippen LogP contribution in [0, 0.1) is 11.8 Å². The molecule has 0 radical (unpaired) electrons. The van der Waals surface area contributed by atoms with Crippen LogP contribution in [0.15, 0.2) is 0 Å². The molecule has 0 aromatic heterocycles. The standard InChI is InChI=1S/C14H28N2O/c1-2-3-4-12-5-7-13(8-6-12)11-16-14(17)9-10-15/h12-13H,2-11,15H2,1H3,(H,16,17). The van der Waals surface area contributed by atoms with E-state index in [9.17, 15) is 4.79 Å². The first-order chi connectivity index (χ1) is 8.26. The number of nitrogens with one attached hydrogen (secondary N) is 1. The zero-order valence-corrected chi connectivity index (χ0v) is 11.2. The predicted molar refractivity (Wildman–Crippen MR) is 71.7 cm³/mol. The minimum absolute atomic E-state index is 0.112. The van der Waals surface area contributed by atoms with Gasteiger partial charge in [0.2, 0.25) is 5.91 Å². The number of amides is 1. The third kappa shape index (κ3) is 6.06. The molecule has 1 fully saturated rings. The quantitative estimate of drug-likeness (QED) is 0.718. The molecule has 3 N–H and O–H groups in total. The van der Waals surface area contributed by atoms with Crippen molar-refractivity contribution in [1.29, 1.82) is 0 Å². The molecule has 0 spiro atoms. The van der Waals surface area contributed by atoms with Crippen LogP contribution in [0.4, 0.5) is 0 Å². The Morgan fingerprint density at radius 1 is 1.24 bits per heavy atom. The van der Waals surface area contributed by atoms with Crippen LogP contribution < -0.4 is 11.1 Å². The summed E-state index contributed by atoms with van der Waals surface area (Å²) in [4.78, 5) is 11.3. The van der Waals surface area contributed by atoms with Crippen molar-refractivity contribution in [2.24, 2.45) is 17.6 Å². The van der Waals surface area contributed by atoms with E-state index >= 15 is 0 Å². The van der Waals surface area contributed by atoms with Gasteiger partial charge in [0.15, 0.2) is 0 Å². The van der Waals surface area contributed by atoms with Crippen molar-refractivity contribution in [3.05, 3.63) is 0 Å². The monoisotopic (exact) mass is 240 g/mol. The third-order valence-electron chi connectivity index (χ3n) is 3.89. The molecule has 0 aromatic carbocycles. The first-order valence-corrected chi connectivity index (χ1v) is 7.23. The Morgan fingerprint density at radius 2 is 1.88 bits per heavy atom. The van der Waals surface area contributed by atoms with Gasteiger partial charge in [-0.15, -0.1) is 0 Å². The maximum atomic E-state index is 11.3. The van der Waals surface area contributed by atoms with E-state index in [0.29, 0.717) is 18.9 Å². The first-order valence-electron chi connectivity index (χ1n) is 7.23. The highest BCUT2D eigenvalue weighted by atomic mass is 16.1. The molecule has 1 rings (SSSR count). The van der Waals surface area contributed by atoms with E-state index in [2.05, 4.69) is 12.2 Å². The number of hydrogen-bond donors (Lipinski definition) is 2. The van der Waals surface area contributed by atoms with Gasteiger partial charge in [0.25, 0.3) is 0 Å². The minimum Gasteiger partial charge on any atom is -0.356 e. The largest absolute Gasteiger partial charge is 0.356 e. The maximum Gasteiger partial charge on any atom is 0.221 e. The zero-order chi connectivity index (χ0) is 12.5. The molecule has 0 aromatic rings. The molecule has 3 heteroatoms. The summed E-state index contributed by atoms with van der Waals surface area (Å²) in [7, 11) is 0. The number of hydrogen-bond acceptors (Lipinski definition) is 2. The van der Waals surface area contributed by atoms with Gasteiger partial charge < -0.3 is 11.1 Å². The number of unbranched alkanes of at least 4 members (excludes halogenated alkanes) is 1. The summed E-state index contributed by atoms with van der Waals surface area (Å²) in [5.41, 5.74) is 5.34. The second kappa shape index (κ2) is 8.51. The van der Waals surface area contributed by atoms with Crippen molar-refractivity contribution in [2.75, 3.05) is 13.1 Å². The van der Waals surface area contributed by atoms with Gasteiger partial charge in [-0.1, -0.05) is 39.0 Å². The molecule has 100 valence electrons. The SMILES string of the molecule is CCCCC1CCC(CNC(=O)CCN)CC1. The van der Waals surface area contributed by atoms with E-state index in [-0.39, 0.29) is 5.91 Å². The average molecular weight is 240 g/mol. The minimum atomic E-state index is 0.112. The van der Waals surface area contributed by atoms with Crippen molar-refractivity contribution in [3.63, 3.8) is 0 Å². The summed E-state index contributed by atoms with van der Waals surface area (Å²) in [6.07, 6.45) is 9.86. The molecule has 0 aliphatic heterocycles. The van der Waals surface area contributed by atoms with Crippen molar-refractivity contribution in [3.8, 4) is 0 Å². The lowest BCUT2D eigenvalue weighted by molar-refractivity contribution is -0.121. The Kier molecular flexibility index (Phi) is 7.25. The molecule has 0 unspecified atom stereocenters. The number of rotatable bonds is 7. The molecule has 0 atom stereocenters. The Morgan fingerprint density at radius 3 is 2.47 bits per heavy atom. The lowest BCUT2D eigenvalue weighted by Gasteiger charge is -2.28. The Balaban J connectivity index is 2.08. The number of carbonyl (C=O) groups is 1. The van der Waals surface area contributed by atoms with Gasteiger partial charge in [-0.2, -0.15) is 0 Å². The molecule has 3 nitrogen and oxygen atoms in total. The first kappa shape index (κ1) is 14.5. The van der Waals surface area contributed by atoms with Gasteiger partial charge in [-0.25, -0.2) is 0 Å². The summed E-state index contributed by atoms with van der Waals surface area (Å²) in [6.45, 7) is 3.58. The van der Waals surface area contributed by atoms with Crippen LogP contribution in [-0.4, -0.2) is 19.0 Å². The predicted octanol–water partition coefficient (Wildman–Crippen LogP) is 2.45. The van der Waals surface area contributed by atoms with Gasteiger partial charge >= 0.3 is 0 Å². The van der Waals surface area contributed by atoms with Gasteiger partial charge in [-0.05, 0) is 24.7 Å². The normalized spacial score (nSPS) is 24.6. The van der Waals surface area contributed by atoms with E-state index in [1.807, 2.05) is 0 Å². The van der Waals surface area contributed by atoms with E-state index in [1.165, 1.54) is 44.9 Å². The van der Waals surface area contributed by atoms with Crippen molar-refractivity contribution in [1.82, 2.24) is 5.32 Å². The number of carbonyl (C=O) groups excluding carboxylic acids is 1. The Bertz CT molecular complexity index is 210. The second-order valence-corrected chi connectivity index (χ2v) is 5.37. The number of nitrogens with two attached hydrogens (primary N) is 1. The summed E-state index contributed by atoms with van der Waals surface area (Å²) >= 11 is 0. The lowest BCUT2D eigenvalue weighted by Crippen LogP contribution is -2.32. The topological polar surface area (TPSA) is 55.1 Å². The summed E-state index contributed by atoms with van der Waals surface area (Å²) in [6, 6.07) is 0. The molecule has 17 heavy (non-hydrogen) atoms. The summed E-state index contributed by atoms with van der Waals surface area (Å²) in [5.74, 6) is 1.76. The smallest absolute Gasteiger partial charge is 0.221 e. The Hall–Kier alpha value is -0.570. The van der Waals surface area contributed by atoms with E-state index in [0.717, 1.165) is 12.5 Å². The lowest BCUT2D eigenvalue weighted by atomic mass is 9.80. The fraction of sp³-hybridized carbons (Fsp3) is 0.929. The fourth-order valence-electron chi connectivity index (χ4n) is 2.69. The highest BCUT2D eigenvalue weighted by Crippen LogP contribution is 2.31. The average Bonchev–Trinajstić information content (AvgIpc) is 2.35. The van der Waals surface area contributed by atoms with Crippen LogP contribution in [0.25, 0.3) is 0 Å². The third-order valence-corrected chi connectivity index (χ3v) is 3.89. The van der Waals surface area contributed by atoms with E-state index in [1.54, 1.807) is 0 Å². The summed E-state index contributed by atoms with van der Waals surface area (Å²) < 4.78 is 0. The van der Waals surface area contributed by atoms with Gasteiger partial charge in [-0.3, -0.25) is 4.79 Å². The van der Waals surface area contributed by atoms with Crippen LogP contribution >= 0.6 is 0 Å². The van der Waals surface area contributed by atoms with Gasteiger partial charge in [0.1, 0.15) is 0 Å². The van der Waals surface area contributed by atoms with Crippen molar-refractivity contribution >= 4 is 5.91 Å². The molecule has 0 saturated heterocycles. The highest BCUT2D eigenvalue weighted by molar-refractivity contribution is 5.75. The van der Waals surface area contributed by atoms with Crippen molar-refractivity contribution in [2.45, 2.75) is 58.3 Å². The molecule has 0 heterocycles. The molecule has 0 bridgehead atoms. The van der Waals surface area contributed by atoms with E-state index < -0.39 is 0 Å². The molecule has 1 saturated carbocycles. The van der Waals surface area contributed by atoms with Gasteiger partial charge in [0.05, 0.1) is 0 Å². The van der Waals surface area contributed by atoms with E-state index in [4.69, 9.17) is 5.73 Å². The van der Waals surface area contributed by atoms with Crippen LogP contribution in [0.2, 0.25) is 0 Å². The molecule has 1 amide bonds. The van der Waals surface area contributed by atoms with Crippen LogP contribution in [0.5, 0.6) is 0 Å². The van der Waals surface area contributed by atoms with Crippen LogP contribution in [-0.2, 0) is 4.79 Å². The molecular formula is C14H28N2O. The van der Waals surface area contributed by atoms with Crippen LogP contribution in [0.3, 0.4) is 0 Å². The van der Waals surface area contributed by atoms with Crippen molar-refractivity contribution < 1.29 is 4.79 Å². The summed E-state index contributed by atoms with van der Waals surface area (Å²) in [5, 5.41) is 2.99. The fourth-order valence-corrected chi connectivity index (χ4v) is 2.69. The molecule has 1 aliphatic carbocycles. The zero-order valence-electron chi connectivity index (χ0n) is 11.2. The highest BCUT2D eigenvalue weighted by Gasteiger charge is 2.20. The maximum absolute atomic E-state index is 11.3. The molecule has 1 aliphatic rings. The van der Waals surface area contributed by atoms with Gasteiger partial charge in [0, 0.05) is 19.5 Å². The molecular weight excluding hydrogens is 212 g/mol. The second-order valence-electron chi connectivity index (χ2n) is 5.37. The van der Waals surface area contributed by atoms with Crippen LogP contribution in [0.1, 0.15) is 58.3 Å². The Labute approximate surface area is 106 Å².